The number of hydrogen-bond donors (Lipinski definition) is 1. The molecule has 0 saturated carbocycles. The van der Waals surface area contributed by atoms with E-state index in [-0.39, 0.29) is 0 Å². The Balaban J connectivity index is 2.06. The summed E-state index contributed by atoms with van der Waals surface area (Å²) in [6.07, 6.45) is 5.68. The molecule has 0 atom stereocenters. The lowest BCUT2D eigenvalue weighted by Crippen LogP contribution is -2.36. The molecule has 0 unspecified atom stereocenters. The maximum Gasteiger partial charge on any atom is 0.0109 e. The molecule has 3 nitrogen and oxygen atoms in total. The van der Waals surface area contributed by atoms with E-state index >= 15 is 0 Å². The third-order valence-corrected chi connectivity index (χ3v) is 3.24. The lowest BCUT2D eigenvalue weighted by molar-refractivity contribution is 0.231. The van der Waals surface area contributed by atoms with Crippen molar-refractivity contribution in [2.24, 2.45) is 0 Å². The van der Waals surface area contributed by atoms with Crippen molar-refractivity contribution in [2.45, 2.75) is 25.7 Å². The Morgan fingerprint density at radius 2 is 1.73 bits per heavy atom. The zero-order valence-corrected chi connectivity index (χ0v) is 10.5. The minimum absolute atomic E-state index is 1.09. The van der Waals surface area contributed by atoms with E-state index in [9.17, 15) is 0 Å². The van der Waals surface area contributed by atoms with Crippen LogP contribution in [0.5, 0.6) is 0 Å². The van der Waals surface area contributed by atoms with Crippen LogP contribution in [-0.4, -0.2) is 63.2 Å². The van der Waals surface area contributed by atoms with Gasteiger partial charge >= 0.3 is 0 Å². The summed E-state index contributed by atoms with van der Waals surface area (Å²) in [5, 5.41) is 3.19. The van der Waals surface area contributed by atoms with E-state index in [4.69, 9.17) is 0 Å². The Morgan fingerprint density at radius 1 is 1.07 bits per heavy atom. The molecule has 90 valence electrons. The molecule has 0 aliphatic carbocycles. The second-order valence-corrected chi connectivity index (χ2v) is 4.66. The molecule has 1 heterocycles. The van der Waals surface area contributed by atoms with Crippen LogP contribution in [0.3, 0.4) is 0 Å². The van der Waals surface area contributed by atoms with Crippen molar-refractivity contribution >= 4 is 0 Å². The van der Waals surface area contributed by atoms with Gasteiger partial charge in [-0.05, 0) is 40.0 Å². The van der Waals surface area contributed by atoms with Crippen LogP contribution >= 0.6 is 0 Å². The van der Waals surface area contributed by atoms with E-state index in [1.165, 1.54) is 51.9 Å². The van der Waals surface area contributed by atoms with Gasteiger partial charge in [-0.3, -0.25) is 0 Å². The smallest absolute Gasteiger partial charge is 0.0109 e. The van der Waals surface area contributed by atoms with Crippen LogP contribution < -0.4 is 5.32 Å². The van der Waals surface area contributed by atoms with Gasteiger partial charge in [0.15, 0.2) is 0 Å². The topological polar surface area (TPSA) is 18.5 Å². The quantitative estimate of drug-likeness (QED) is 0.710. The highest BCUT2D eigenvalue weighted by atomic mass is 15.2. The zero-order chi connectivity index (χ0) is 10.9. The highest BCUT2D eigenvalue weighted by Crippen LogP contribution is 2.08. The van der Waals surface area contributed by atoms with Gasteiger partial charge in [-0.25, -0.2) is 0 Å². The molecule has 0 aromatic carbocycles. The van der Waals surface area contributed by atoms with Crippen LogP contribution in [0.2, 0.25) is 0 Å². The van der Waals surface area contributed by atoms with Crippen LogP contribution in [0.25, 0.3) is 0 Å². The Hall–Kier alpha value is -0.120. The van der Waals surface area contributed by atoms with Crippen LogP contribution in [0.15, 0.2) is 0 Å². The standard InChI is InChI=1S/C12H27N3/c1-13-7-10-14(2)11-12-15-8-5-3-4-6-9-15/h13H,3-12H2,1-2H3. The molecule has 0 bridgehead atoms. The molecule has 1 rings (SSSR count). The van der Waals surface area contributed by atoms with Crippen LogP contribution in [-0.2, 0) is 0 Å². The lowest BCUT2D eigenvalue weighted by atomic mass is 10.2. The molecular weight excluding hydrogens is 186 g/mol. The molecule has 1 saturated heterocycles. The lowest BCUT2D eigenvalue weighted by Gasteiger charge is -2.23. The van der Waals surface area contributed by atoms with Gasteiger partial charge in [-0.1, -0.05) is 12.8 Å². The van der Waals surface area contributed by atoms with Gasteiger partial charge in [-0.15, -0.1) is 0 Å². The fourth-order valence-electron chi connectivity index (χ4n) is 2.09. The van der Waals surface area contributed by atoms with Gasteiger partial charge in [0, 0.05) is 26.2 Å². The second kappa shape index (κ2) is 8.08. The van der Waals surface area contributed by atoms with Gasteiger partial charge in [0.05, 0.1) is 0 Å². The van der Waals surface area contributed by atoms with Crippen LogP contribution in [0.1, 0.15) is 25.7 Å². The van der Waals surface area contributed by atoms with Gasteiger partial charge in [-0.2, -0.15) is 0 Å². The summed E-state index contributed by atoms with van der Waals surface area (Å²) in [5.41, 5.74) is 0. The number of nitrogens with zero attached hydrogens (tertiary/aromatic N) is 2. The number of rotatable bonds is 6. The van der Waals surface area contributed by atoms with Crippen molar-refractivity contribution in [1.29, 1.82) is 0 Å². The minimum atomic E-state index is 1.09. The molecule has 1 fully saturated rings. The summed E-state index contributed by atoms with van der Waals surface area (Å²) in [7, 11) is 4.23. The number of nitrogens with one attached hydrogen (secondary N) is 1. The van der Waals surface area contributed by atoms with Crippen molar-refractivity contribution in [3.63, 3.8) is 0 Å². The summed E-state index contributed by atoms with van der Waals surface area (Å²) < 4.78 is 0. The zero-order valence-electron chi connectivity index (χ0n) is 10.5. The third-order valence-electron chi connectivity index (χ3n) is 3.24. The van der Waals surface area contributed by atoms with E-state index in [1.807, 2.05) is 7.05 Å². The highest BCUT2D eigenvalue weighted by Gasteiger charge is 2.09. The molecule has 1 aliphatic rings. The summed E-state index contributed by atoms with van der Waals surface area (Å²) in [6, 6.07) is 0. The highest BCUT2D eigenvalue weighted by molar-refractivity contribution is 4.65. The van der Waals surface area contributed by atoms with Crippen molar-refractivity contribution < 1.29 is 0 Å². The van der Waals surface area contributed by atoms with E-state index < -0.39 is 0 Å². The van der Waals surface area contributed by atoms with E-state index in [0.717, 1.165) is 13.1 Å². The molecule has 0 aromatic rings. The van der Waals surface area contributed by atoms with Gasteiger partial charge in [0.25, 0.3) is 0 Å². The second-order valence-electron chi connectivity index (χ2n) is 4.66. The monoisotopic (exact) mass is 213 g/mol. The van der Waals surface area contributed by atoms with Gasteiger partial charge in [0.2, 0.25) is 0 Å². The van der Waals surface area contributed by atoms with Crippen LogP contribution in [0.4, 0.5) is 0 Å². The summed E-state index contributed by atoms with van der Waals surface area (Å²) >= 11 is 0. The maximum atomic E-state index is 3.19. The first kappa shape index (κ1) is 12.9. The minimum Gasteiger partial charge on any atom is -0.318 e. The third kappa shape index (κ3) is 6.13. The normalized spacial score (nSPS) is 19.4. The fourth-order valence-corrected chi connectivity index (χ4v) is 2.09. The number of likely N-dealkylation sites (N-methyl/N-ethyl adjacent to an activating group) is 2. The van der Waals surface area contributed by atoms with Gasteiger partial charge in [0.1, 0.15) is 0 Å². The average Bonchev–Trinajstić information content (AvgIpc) is 2.51. The summed E-state index contributed by atoms with van der Waals surface area (Å²) in [6.45, 7) is 7.35. The predicted molar refractivity (Wildman–Crippen MR) is 66.3 cm³/mol. The average molecular weight is 213 g/mol. The molecule has 1 aliphatic heterocycles. The first-order valence-corrected chi connectivity index (χ1v) is 6.38. The first-order valence-electron chi connectivity index (χ1n) is 6.38. The number of hydrogen-bond acceptors (Lipinski definition) is 3. The first-order chi connectivity index (χ1) is 7.33. The van der Waals surface area contributed by atoms with E-state index in [1.54, 1.807) is 0 Å². The Morgan fingerprint density at radius 3 is 2.33 bits per heavy atom. The van der Waals surface area contributed by atoms with Gasteiger partial charge < -0.3 is 15.1 Å². The van der Waals surface area contributed by atoms with E-state index in [0.29, 0.717) is 0 Å². The molecular formula is C12H27N3. The molecule has 1 N–H and O–H groups in total. The van der Waals surface area contributed by atoms with Crippen molar-refractivity contribution in [3.8, 4) is 0 Å². The Labute approximate surface area is 94.8 Å². The SMILES string of the molecule is CNCCN(C)CCN1CCCCCC1. The fraction of sp³-hybridized carbons (Fsp3) is 1.00. The number of likely N-dealkylation sites (tertiary alicyclic amines) is 1. The van der Waals surface area contributed by atoms with Crippen molar-refractivity contribution in [3.05, 3.63) is 0 Å². The Bertz CT molecular complexity index is 142. The maximum absolute atomic E-state index is 3.19. The molecule has 3 heteroatoms. The van der Waals surface area contributed by atoms with Crippen molar-refractivity contribution in [1.82, 2.24) is 15.1 Å². The molecule has 0 radical (unpaired) electrons. The van der Waals surface area contributed by atoms with E-state index in [2.05, 4.69) is 22.2 Å². The largest absolute Gasteiger partial charge is 0.318 e. The molecule has 0 aromatic heterocycles. The van der Waals surface area contributed by atoms with Crippen LogP contribution in [0, 0.1) is 0 Å². The Kier molecular flexibility index (Phi) is 6.98. The summed E-state index contributed by atoms with van der Waals surface area (Å²) in [5.74, 6) is 0. The molecule has 0 amide bonds. The predicted octanol–water partition coefficient (Wildman–Crippen LogP) is 1.01. The molecule has 15 heavy (non-hydrogen) atoms. The van der Waals surface area contributed by atoms with Crippen molar-refractivity contribution in [2.75, 3.05) is 53.4 Å². The molecule has 0 spiro atoms. The summed E-state index contributed by atoms with van der Waals surface area (Å²) in [4.78, 5) is 5.05.